The number of esters is 1. The third-order valence-electron chi connectivity index (χ3n) is 1.59. The van der Waals surface area contributed by atoms with Gasteiger partial charge in [0.25, 0.3) is 0 Å². The summed E-state index contributed by atoms with van der Waals surface area (Å²) in [4.78, 5) is 10.9. The summed E-state index contributed by atoms with van der Waals surface area (Å²) >= 11 is 11.8. The van der Waals surface area contributed by atoms with Gasteiger partial charge < -0.3 is 9.16 Å². The third-order valence-corrected chi connectivity index (χ3v) is 2.47. The summed E-state index contributed by atoms with van der Waals surface area (Å²) in [5, 5.41) is 0. The number of halogens is 2. The standard InChI is InChI=1S/C9H16Cl2O3Si/c1-2-4-8(12)13-6-3-5-9(10,11)7-14-15/h2,4H,3,5-7H2,1,15H3. The zero-order chi connectivity index (χ0) is 11.7. The van der Waals surface area contributed by atoms with E-state index in [0.29, 0.717) is 36.5 Å². The van der Waals surface area contributed by atoms with Gasteiger partial charge in [0.05, 0.1) is 13.2 Å². The smallest absolute Gasteiger partial charge is 0.330 e. The summed E-state index contributed by atoms with van der Waals surface area (Å²) in [6, 6.07) is 0. The van der Waals surface area contributed by atoms with Gasteiger partial charge in [0, 0.05) is 6.08 Å². The van der Waals surface area contributed by atoms with Gasteiger partial charge in [-0.25, -0.2) is 4.79 Å². The summed E-state index contributed by atoms with van der Waals surface area (Å²) < 4.78 is 8.99. The van der Waals surface area contributed by atoms with Gasteiger partial charge in [0.15, 0.2) is 0 Å². The van der Waals surface area contributed by atoms with E-state index in [-0.39, 0.29) is 5.97 Å². The Kier molecular flexibility index (Phi) is 8.14. The maximum absolute atomic E-state index is 10.9. The van der Waals surface area contributed by atoms with Crippen LogP contribution in [0.1, 0.15) is 19.8 Å². The highest BCUT2D eigenvalue weighted by Gasteiger charge is 2.22. The van der Waals surface area contributed by atoms with Crippen LogP contribution < -0.4 is 0 Å². The molecule has 15 heavy (non-hydrogen) atoms. The minimum absolute atomic E-state index is 0.325. The average Bonchev–Trinajstić information content (AvgIpc) is 2.13. The van der Waals surface area contributed by atoms with Gasteiger partial charge in [0.1, 0.15) is 14.8 Å². The first-order valence-electron chi connectivity index (χ1n) is 4.68. The molecule has 0 bridgehead atoms. The second kappa shape index (κ2) is 8.16. The van der Waals surface area contributed by atoms with E-state index in [1.165, 1.54) is 6.08 Å². The highest BCUT2D eigenvalue weighted by molar-refractivity contribution is 6.48. The van der Waals surface area contributed by atoms with Crippen molar-refractivity contribution in [3.8, 4) is 0 Å². The van der Waals surface area contributed by atoms with Crippen molar-refractivity contribution in [3.63, 3.8) is 0 Å². The fraction of sp³-hybridized carbons (Fsp3) is 0.667. The molecule has 0 aliphatic heterocycles. The van der Waals surface area contributed by atoms with Crippen LogP contribution in [0.4, 0.5) is 0 Å². The van der Waals surface area contributed by atoms with Crippen molar-refractivity contribution in [2.24, 2.45) is 0 Å². The maximum atomic E-state index is 10.9. The Morgan fingerprint density at radius 1 is 1.53 bits per heavy atom. The van der Waals surface area contributed by atoms with Crippen LogP contribution in [0, 0.1) is 0 Å². The van der Waals surface area contributed by atoms with Crippen molar-refractivity contribution in [3.05, 3.63) is 12.2 Å². The SMILES string of the molecule is CC=CC(=O)OCCCC(Cl)(Cl)CO[SiH3]. The minimum Gasteiger partial charge on any atom is -0.463 e. The molecule has 0 aliphatic rings. The Labute approximate surface area is 103 Å². The van der Waals surface area contributed by atoms with Crippen LogP contribution in [0.3, 0.4) is 0 Å². The van der Waals surface area contributed by atoms with E-state index in [0.717, 1.165) is 0 Å². The number of carbonyl (C=O) groups is 1. The molecule has 0 saturated heterocycles. The molecule has 0 radical (unpaired) electrons. The van der Waals surface area contributed by atoms with Crippen molar-refractivity contribution in [1.29, 1.82) is 0 Å². The molecule has 3 nitrogen and oxygen atoms in total. The monoisotopic (exact) mass is 270 g/mol. The molecule has 0 aliphatic carbocycles. The van der Waals surface area contributed by atoms with Gasteiger partial charge in [-0.05, 0) is 19.8 Å². The summed E-state index contributed by atoms with van der Waals surface area (Å²) in [7, 11) is 0.614. The Morgan fingerprint density at radius 3 is 2.73 bits per heavy atom. The number of allylic oxidation sites excluding steroid dienone is 1. The number of hydrogen-bond acceptors (Lipinski definition) is 3. The Morgan fingerprint density at radius 2 is 2.20 bits per heavy atom. The second-order valence-electron chi connectivity index (χ2n) is 3.06. The van der Waals surface area contributed by atoms with E-state index in [1.54, 1.807) is 13.0 Å². The summed E-state index contributed by atoms with van der Waals surface area (Å²) in [6.07, 6.45) is 4.17. The van der Waals surface area contributed by atoms with Crippen LogP contribution in [0.2, 0.25) is 0 Å². The molecule has 0 aromatic rings. The van der Waals surface area contributed by atoms with E-state index in [1.807, 2.05) is 0 Å². The van der Waals surface area contributed by atoms with Gasteiger partial charge in [-0.15, -0.1) is 0 Å². The van der Waals surface area contributed by atoms with E-state index in [4.69, 9.17) is 32.4 Å². The lowest BCUT2D eigenvalue weighted by molar-refractivity contribution is -0.137. The molecule has 88 valence electrons. The number of carbonyl (C=O) groups excluding carboxylic acids is 1. The van der Waals surface area contributed by atoms with Gasteiger partial charge in [-0.3, -0.25) is 0 Å². The molecule has 0 rings (SSSR count). The quantitative estimate of drug-likeness (QED) is 0.230. The largest absolute Gasteiger partial charge is 0.463 e. The topological polar surface area (TPSA) is 35.5 Å². The van der Waals surface area contributed by atoms with Gasteiger partial charge >= 0.3 is 5.97 Å². The Bertz CT molecular complexity index is 219. The van der Waals surface area contributed by atoms with Crippen LogP contribution in [-0.4, -0.2) is 34.0 Å². The summed E-state index contributed by atoms with van der Waals surface area (Å²) in [5.74, 6) is -0.341. The molecule has 0 unspecified atom stereocenters. The molecule has 0 fully saturated rings. The lowest BCUT2D eigenvalue weighted by Gasteiger charge is -2.18. The van der Waals surface area contributed by atoms with E-state index >= 15 is 0 Å². The first-order chi connectivity index (χ1) is 7.02. The highest BCUT2D eigenvalue weighted by Crippen LogP contribution is 2.26. The van der Waals surface area contributed by atoms with Gasteiger partial charge in [-0.2, -0.15) is 0 Å². The predicted octanol–water partition coefficient (Wildman–Crippen LogP) is 1.36. The average molecular weight is 271 g/mol. The van der Waals surface area contributed by atoms with Crippen LogP contribution >= 0.6 is 23.2 Å². The number of rotatable bonds is 7. The molecule has 0 aromatic heterocycles. The molecular formula is C9H16Cl2O3Si. The van der Waals surface area contributed by atoms with Crippen LogP contribution in [0.25, 0.3) is 0 Å². The highest BCUT2D eigenvalue weighted by atomic mass is 35.5. The minimum atomic E-state index is -0.866. The fourth-order valence-electron chi connectivity index (χ4n) is 0.971. The number of ether oxygens (including phenoxy) is 1. The zero-order valence-electron chi connectivity index (χ0n) is 8.96. The van der Waals surface area contributed by atoms with Crippen molar-refractivity contribution < 1.29 is 14.0 Å². The number of hydrogen-bond donors (Lipinski definition) is 0. The Hall–Kier alpha value is -0.0331. The summed E-state index contributed by atoms with van der Waals surface area (Å²) in [5.41, 5.74) is 0. The van der Waals surface area contributed by atoms with Crippen LogP contribution in [0.5, 0.6) is 0 Å². The van der Waals surface area contributed by atoms with Gasteiger partial charge in [-0.1, -0.05) is 29.3 Å². The molecule has 6 heteroatoms. The molecule has 0 heterocycles. The second-order valence-corrected chi connectivity index (χ2v) is 5.28. The third kappa shape index (κ3) is 8.93. The first kappa shape index (κ1) is 15.0. The van der Waals surface area contributed by atoms with Crippen molar-refractivity contribution in [2.45, 2.75) is 24.1 Å². The molecule has 0 N–H and O–H groups in total. The molecule has 0 amide bonds. The van der Waals surface area contributed by atoms with E-state index in [9.17, 15) is 4.79 Å². The van der Waals surface area contributed by atoms with E-state index < -0.39 is 4.33 Å². The molecule has 0 saturated carbocycles. The van der Waals surface area contributed by atoms with Crippen molar-refractivity contribution in [2.75, 3.05) is 13.2 Å². The molecule has 0 atom stereocenters. The zero-order valence-corrected chi connectivity index (χ0v) is 12.5. The van der Waals surface area contributed by atoms with Crippen LogP contribution in [0.15, 0.2) is 12.2 Å². The summed E-state index contributed by atoms with van der Waals surface area (Å²) in [6.45, 7) is 2.41. The molecular weight excluding hydrogens is 255 g/mol. The first-order valence-corrected chi connectivity index (χ1v) is 6.25. The predicted molar refractivity (Wildman–Crippen MR) is 65.3 cm³/mol. The van der Waals surface area contributed by atoms with Crippen molar-refractivity contribution in [1.82, 2.24) is 0 Å². The fourth-order valence-corrected chi connectivity index (χ4v) is 2.32. The lowest BCUT2D eigenvalue weighted by atomic mass is 10.2. The maximum Gasteiger partial charge on any atom is 0.330 e. The lowest BCUT2D eigenvalue weighted by Crippen LogP contribution is -2.21. The normalized spacial score (nSPS) is 12.2. The molecule has 0 aromatic carbocycles. The van der Waals surface area contributed by atoms with Gasteiger partial charge in [0.2, 0.25) is 0 Å². The van der Waals surface area contributed by atoms with Crippen molar-refractivity contribution >= 4 is 39.7 Å². The Balaban J connectivity index is 3.57. The van der Waals surface area contributed by atoms with Crippen LogP contribution in [-0.2, 0) is 14.0 Å². The molecule has 0 spiro atoms. The number of alkyl halides is 2. The van der Waals surface area contributed by atoms with E-state index in [2.05, 4.69) is 0 Å².